The Hall–Kier alpha value is -1.31. The molecular weight excluding hydrogens is 438 g/mol. The van der Waals surface area contributed by atoms with Gasteiger partial charge in [0.1, 0.15) is 5.84 Å². The Bertz CT molecular complexity index is 718. The highest BCUT2D eigenvalue weighted by Gasteiger charge is 2.08. The Morgan fingerprint density at radius 3 is 2.45 bits per heavy atom. The number of halogens is 3. The summed E-state index contributed by atoms with van der Waals surface area (Å²) >= 11 is 13.9. The Balaban J connectivity index is 1.98. The zero-order valence-electron chi connectivity index (χ0n) is 11.2. The van der Waals surface area contributed by atoms with Crippen LogP contribution in [0.5, 0.6) is 0 Å². The zero-order valence-corrected chi connectivity index (χ0v) is 14.9. The summed E-state index contributed by atoms with van der Waals surface area (Å²) in [6, 6.07) is 12.1. The van der Waals surface area contributed by atoms with Crippen molar-refractivity contribution in [3.05, 3.63) is 67.2 Å². The molecule has 0 bridgehead atoms. The van der Waals surface area contributed by atoms with Gasteiger partial charge in [-0.3, -0.25) is 0 Å². The molecule has 0 aliphatic rings. The lowest BCUT2D eigenvalue weighted by molar-refractivity contribution is 0.0515. The molecule has 7 heteroatoms. The summed E-state index contributed by atoms with van der Waals surface area (Å²) in [7, 11) is 0. The minimum atomic E-state index is -0.562. The molecule has 2 rings (SSSR count). The van der Waals surface area contributed by atoms with Gasteiger partial charge in [-0.25, -0.2) is 4.79 Å². The van der Waals surface area contributed by atoms with Gasteiger partial charge in [-0.05, 0) is 64.6 Å². The second-order valence-corrected chi connectivity index (χ2v) is 6.45. The van der Waals surface area contributed by atoms with Crippen LogP contribution in [0.15, 0.2) is 47.6 Å². The molecule has 114 valence electrons. The van der Waals surface area contributed by atoms with E-state index in [2.05, 4.69) is 27.7 Å². The van der Waals surface area contributed by atoms with Crippen LogP contribution in [-0.2, 0) is 11.3 Å². The molecular formula is C15H11Cl2IN2O2. The molecule has 0 atom stereocenters. The maximum atomic E-state index is 11.8. The van der Waals surface area contributed by atoms with Gasteiger partial charge in [-0.15, -0.1) is 0 Å². The van der Waals surface area contributed by atoms with E-state index in [4.69, 9.17) is 33.8 Å². The molecule has 2 aromatic carbocycles. The minimum absolute atomic E-state index is 0.164. The van der Waals surface area contributed by atoms with Gasteiger partial charge in [0.2, 0.25) is 0 Å². The molecule has 0 saturated carbocycles. The fraction of sp³-hybridized carbons (Fsp3) is 0.0667. The van der Waals surface area contributed by atoms with Crippen molar-refractivity contribution >= 4 is 57.6 Å². The van der Waals surface area contributed by atoms with Crippen molar-refractivity contribution < 1.29 is 9.63 Å². The average molecular weight is 449 g/mol. The highest BCUT2D eigenvalue weighted by atomic mass is 127. The van der Waals surface area contributed by atoms with Crippen LogP contribution in [0.4, 0.5) is 0 Å². The normalized spacial score (nSPS) is 11.3. The molecule has 0 heterocycles. The molecule has 0 amide bonds. The Kier molecular flexibility index (Phi) is 6.05. The second kappa shape index (κ2) is 7.80. The molecule has 2 aromatic rings. The summed E-state index contributed by atoms with van der Waals surface area (Å²) in [5.41, 5.74) is 6.97. The molecule has 0 aromatic heterocycles. The van der Waals surface area contributed by atoms with Gasteiger partial charge in [0.05, 0.1) is 15.6 Å². The van der Waals surface area contributed by atoms with Crippen molar-refractivity contribution in [3.8, 4) is 0 Å². The number of hydrogen-bond donors (Lipinski definition) is 1. The first kappa shape index (κ1) is 17.1. The molecule has 0 saturated heterocycles. The lowest BCUT2D eigenvalue weighted by Crippen LogP contribution is -2.16. The van der Waals surface area contributed by atoms with E-state index in [1.54, 1.807) is 42.5 Å². The van der Waals surface area contributed by atoms with Crippen molar-refractivity contribution in [2.75, 3.05) is 0 Å². The van der Waals surface area contributed by atoms with Gasteiger partial charge >= 0.3 is 5.97 Å². The summed E-state index contributed by atoms with van der Waals surface area (Å²) in [5, 5.41) is 4.53. The Labute approximate surface area is 151 Å². The quantitative estimate of drug-likeness (QED) is 0.250. The maximum Gasteiger partial charge on any atom is 0.365 e. The third-order valence-corrected chi connectivity index (χ3v) is 4.15. The van der Waals surface area contributed by atoms with Gasteiger partial charge in [0, 0.05) is 9.99 Å². The zero-order chi connectivity index (χ0) is 16.1. The summed E-state index contributed by atoms with van der Waals surface area (Å²) < 4.78 is 1.02. The van der Waals surface area contributed by atoms with E-state index in [1.807, 2.05) is 0 Å². The Morgan fingerprint density at radius 1 is 1.14 bits per heavy atom. The van der Waals surface area contributed by atoms with Gasteiger partial charge in [-0.2, -0.15) is 0 Å². The van der Waals surface area contributed by atoms with E-state index in [0.717, 1.165) is 9.13 Å². The van der Waals surface area contributed by atoms with Crippen molar-refractivity contribution in [1.82, 2.24) is 0 Å². The van der Waals surface area contributed by atoms with Crippen molar-refractivity contribution in [2.45, 2.75) is 6.42 Å². The van der Waals surface area contributed by atoms with E-state index in [-0.39, 0.29) is 5.84 Å². The van der Waals surface area contributed by atoms with E-state index < -0.39 is 5.97 Å². The topological polar surface area (TPSA) is 64.7 Å². The van der Waals surface area contributed by atoms with Crippen LogP contribution in [0.3, 0.4) is 0 Å². The predicted molar refractivity (Wildman–Crippen MR) is 96.4 cm³/mol. The number of nitrogens with two attached hydrogens (primary N) is 1. The monoisotopic (exact) mass is 448 g/mol. The van der Waals surface area contributed by atoms with Crippen LogP contribution in [-0.4, -0.2) is 11.8 Å². The number of benzene rings is 2. The van der Waals surface area contributed by atoms with Crippen LogP contribution < -0.4 is 5.73 Å². The SMILES string of the molecule is N/C(Cc1ccc(Cl)c(Cl)c1)=N/OC(=O)c1ccc(I)cc1. The van der Waals surface area contributed by atoms with Gasteiger partial charge in [0.15, 0.2) is 0 Å². The smallest absolute Gasteiger partial charge is 0.365 e. The molecule has 0 unspecified atom stereocenters. The minimum Gasteiger partial charge on any atom is -0.384 e. The number of hydrogen-bond acceptors (Lipinski definition) is 3. The second-order valence-electron chi connectivity index (χ2n) is 4.39. The fourth-order valence-corrected chi connectivity index (χ4v) is 2.31. The summed E-state index contributed by atoms with van der Waals surface area (Å²) in [5.74, 6) is -0.397. The fourth-order valence-electron chi connectivity index (χ4n) is 1.63. The van der Waals surface area contributed by atoms with Crippen molar-refractivity contribution in [3.63, 3.8) is 0 Å². The number of carbonyl (C=O) groups is 1. The maximum absolute atomic E-state index is 11.8. The summed E-state index contributed by atoms with van der Waals surface area (Å²) in [6.45, 7) is 0. The summed E-state index contributed by atoms with van der Waals surface area (Å²) in [6.07, 6.45) is 0.302. The third-order valence-electron chi connectivity index (χ3n) is 2.69. The van der Waals surface area contributed by atoms with Crippen LogP contribution in [0.2, 0.25) is 10.0 Å². The average Bonchev–Trinajstić information content (AvgIpc) is 2.49. The highest BCUT2D eigenvalue weighted by Crippen LogP contribution is 2.22. The first-order valence-corrected chi connectivity index (χ1v) is 8.02. The molecule has 22 heavy (non-hydrogen) atoms. The number of carbonyl (C=O) groups excluding carboxylic acids is 1. The molecule has 0 radical (unpaired) electrons. The first-order chi connectivity index (χ1) is 10.5. The lowest BCUT2D eigenvalue weighted by atomic mass is 10.1. The lowest BCUT2D eigenvalue weighted by Gasteiger charge is -2.03. The largest absolute Gasteiger partial charge is 0.384 e. The molecule has 0 aliphatic heterocycles. The van der Waals surface area contributed by atoms with E-state index >= 15 is 0 Å². The Morgan fingerprint density at radius 2 is 1.82 bits per heavy atom. The molecule has 0 spiro atoms. The first-order valence-electron chi connectivity index (χ1n) is 6.19. The van der Waals surface area contributed by atoms with Gasteiger partial charge < -0.3 is 10.6 Å². The number of rotatable bonds is 4. The highest BCUT2D eigenvalue weighted by molar-refractivity contribution is 14.1. The van der Waals surface area contributed by atoms with Crippen molar-refractivity contribution in [1.29, 1.82) is 0 Å². The number of amidine groups is 1. The third kappa shape index (κ3) is 4.86. The summed E-state index contributed by atoms with van der Waals surface area (Å²) in [4.78, 5) is 16.6. The van der Waals surface area contributed by atoms with Crippen LogP contribution in [0.25, 0.3) is 0 Å². The van der Waals surface area contributed by atoms with Crippen LogP contribution in [0, 0.1) is 3.57 Å². The van der Waals surface area contributed by atoms with Crippen molar-refractivity contribution in [2.24, 2.45) is 10.9 Å². The van der Waals surface area contributed by atoms with Crippen LogP contribution in [0.1, 0.15) is 15.9 Å². The van der Waals surface area contributed by atoms with E-state index in [9.17, 15) is 4.79 Å². The van der Waals surface area contributed by atoms with Gasteiger partial charge in [0.25, 0.3) is 0 Å². The van der Waals surface area contributed by atoms with Crippen LogP contribution >= 0.6 is 45.8 Å². The molecule has 0 fully saturated rings. The number of nitrogens with zero attached hydrogens (tertiary/aromatic N) is 1. The predicted octanol–water partition coefficient (Wildman–Crippen LogP) is 4.27. The molecule has 4 nitrogen and oxygen atoms in total. The van der Waals surface area contributed by atoms with E-state index in [1.165, 1.54) is 0 Å². The number of oxime groups is 1. The standard InChI is InChI=1S/C15H11Cl2IN2O2/c16-12-6-1-9(7-13(12)17)8-14(19)20-22-15(21)10-2-4-11(18)5-3-10/h1-7H,8H2,(H2,19,20). The molecule has 2 N–H and O–H groups in total. The van der Waals surface area contributed by atoms with Gasteiger partial charge in [-0.1, -0.05) is 34.4 Å². The van der Waals surface area contributed by atoms with E-state index in [0.29, 0.717) is 22.0 Å². The molecule has 0 aliphatic carbocycles.